The van der Waals surface area contributed by atoms with Crippen molar-refractivity contribution in [1.29, 1.82) is 0 Å². The Kier molecular flexibility index (Phi) is 6.45. The van der Waals surface area contributed by atoms with Crippen LogP contribution in [0.2, 0.25) is 0 Å². The van der Waals surface area contributed by atoms with Gasteiger partial charge >= 0.3 is 6.18 Å². The first-order chi connectivity index (χ1) is 13.6. The molecule has 1 aliphatic heterocycles. The Balaban J connectivity index is 1.83. The number of halogens is 4. The number of thioether (sulfide) groups is 1. The van der Waals surface area contributed by atoms with E-state index in [1.807, 2.05) is 13.8 Å². The van der Waals surface area contributed by atoms with Crippen LogP contribution < -0.4 is 0 Å². The van der Waals surface area contributed by atoms with Gasteiger partial charge in [-0.15, -0.1) is 0 Å². The molecule has 0 spiro atoms. The third-order valence-electron chi connectivity index (χ3n) is 4.94. The average molecular weight is 427 g/mol. The SMILES string of the molecule is C[C@@H]1CCC[C@@H](C)N1C(=O)CSc1nc(-c2ccc(F)cc2)cc(C(F)(F)F)n1. The van der Waals surface area contributed by atoms with Crippen molar-refractivity contribution in [2.75, 3.05) is 5.75 Å². The van der Waals surface area contributed by atoms with Gasteiger partial charge < -0.3 is 4.90 Å². The summed E-state index contributed by atoms with van der Waals surface area (Å²) in [6.45, 7) is 3.96. The van der Waals surface area contributed by atoms with Gasteiger partial charge in [-0.3, -0.25) is 4.79 Å². The molecule has 0 bridgehead atoms. The molecule has 4 nitrogen and oxygen atoms in total. The molecule has 0 unspecified atom stereocenters. The van der Waals surface area contributed by atoms with E-state index in [1.165, 1.54) is 12.1 Å². The summed E-state index contributed by atoms with van der Waals surface area (Å²) >= 11 is 0.881. The van der Waals surface area contributed by atoms with E-state index < -0.39 is 17.7 Å². The normalized spacial score (nSPS) is 20.0. The van der Waals surface area contributed by atoms with Crippen LogP contribution in [0.3, 0.4) is 0 Å². The number of amides is 1. The van der Waals surface area contributed by atoms with Gasteiger partial charge in [-0.2, -0.15) is 13.2 Å². The number of rotatable bonds is 4. The van der Waals surface area contributed by atoms with E-state index in [9.17, 15) is 22.4 Å². The minimum atomic E-state index is -4.66. The number of likely N-dealkylation sites (tertiary alicyclic amines) is 1. The maximum absolute atomic E-state index is 13.3. The molecule has 0 aliphatic carbocycles. The van der Waals surface area contributed by atoms with Crippen LogP contribution in [-0.2, 0) is 11.0 Å². The number of alkyl halides is 3. The van der Waals surface area contributed by atoms with E-state index >= 15 is 0 Å². The van der Waals surface area contributed by atoms with Gasteiger partial charge in [-0.05, 0) is 63.4 Å². The van der Waals surface area contributed by atoms with Gasteiger partial charge in [0.1, 0.15) is 11.5 Å². The van der Waals surface area contributed by atoms with Crippen molar-refractivity contribution < 1.29 is 22.4 Å². The molecule has 0 radical (unpaired) electrons. The van der Waals surface area contributed by atoms with Crippen molar-refractivity contribution >= 4 is 17.7 Å². The second kappa shape index (κ2) is 8.69. The average Bonchev–Trinajstić information content (AvgIpc) is 2.66. The maximum atomic E-state index is 13.3. The topological polar surface area (TPSA) is 46.1 Å². The zero-order valence-electron chi connectivity index (χ0n) is 16.0. The molecular weight excluding hydrogens is 406 g/mol. The Morgan fingerprint density at radius 1 is 1.14 bits per heavy atom. The van der Waals surface area contributed by atoms with E-state index in [0.717, 1.165) is 49.2 Å². The van der Waals surface area contributed by atoms with E-state index in [1.54, 1.807) is 4.90 Å². The molecule has 0 N–H and O–H groups in total. The number of benzene rings is 1. The lowest BCUT2D eigenvalue weighted by molar-refractivity contribution is -0.141. The predicted molar refractivity (Wildman–Crippen MR) is 103 cm³/mol. The molecular formula is C20H21F4N3OS. The highest BCUT2D eigenvalue weighted by Gasteiger charge is 2.34. The highest BCUT2D eigenvalue weighted by atomic mass is 32.2. The monoisotopic (exact) mass is 427 g/mol. The van der Waals surface area contributed by atoms with Crippen LogP contribution in [0.1, 0.15) is 38.8 Å². The molecule has 2 atom stereocenters. The van der Waals surface area contributed by atoms with Gasteiger partial charge in [0, 0.05) is 17.6 Å². The fraction of sp³-hybridized carbons (Fsp3) is 0.450. The highest BCUT2D eigenvalue weighted by molar-refractivity contribution is 7.99. The summed E-state index contributed by atoms with van der Waals surface area (Å²) in [4.78, 5) is 22.2. The van der Waals surface area contributed by atoms with Crippen molar-refractivity contribution in [2.24, 2.45) is 0 Å². The summed E-state index contributed by atoms with van der Waals surface area (Å²) in [5, 5.41) is -0.134. The number of nitrogens with zero attached hydrogens (tertiary/aromatic N) is 3. The summed E-state index contributed by atoms with van der Waals surface area (Å²) in [5.74, 6) is -0.679. The van der Waals surface area contributed by atoms with E-state index in [0.29, 0.717) is 5.56 Å². The first-order valence-corrected chi connectivity index (χ1v) is 10.3. The van der Waals surface area contributed by atoms with Crippen molar-refractivity contribution in [3.8, 4) is 11.3 Å². The van der Waals surface area contributed by atoms with Gasteiger partial charge in [0.15, 0.2) is 5.16 Å². The van der Waals surface area contributed by atoms with Crippen LogP contribution in [-0.4, -0.2) is 38.6 Å². The molecule has 29 heavy (non-hydrogen) atoms. The number of carbonyl (C=O) groups excluding carboxylic acids is 1. The molecule has 0 saturated carbocycles. The Bertz CT molecular complexity index is 863. The van der Waals surface area contributed by atoms with Crippen LogP contribution in [0.5, 0.6) is 0 Å². The quantitative estimate of drug-likeness (QED) is 0.383. The van der Waals surface area contributed by atoms with Crippen molar-refractivity contribution in [1.82, 2.24) is 14.9 Å². The summed E-state index contributed by atoms with van der Waals surface area (Å²) in [6, 6.07) is 6.05. The van der Waals surface area contributed by atoms with Gasteiger partial charge in [0.2, 0.25) is 5.91 Å². The van der Waals surface area contributed by atoms with Crippen LogP contribution in [0, 0.1) is 5.82 Å². The molecule has 1 aromatic heterocycles. The van der Waals surface area contributed by atoms with E-state index in [-0.39, 0.29) is 34.6 Å². The minimum Gasteiger partial charge on any atom is -0.337 e. The summed E-state index contributed by atoms with van der Waals surface area (Å²) < 4.78 is 53.0. The van der Waals surface area contributed by atoms with Gasteiger partial charge in [-0.1, -0.05) is 11.8 Å². The number of hydrogen-bond acceptors (Lipinski definition) is 4. The summed E-state index contributed by atoms with van der Waals surface area (Å²) in [7, 11) is 0. The second-order valence-electron chi connectivity index (χ2n) is 7.14. The molecule has 1 amide bonds. The second-order valence-corrected chi connectivity index (χ2v) is 8.09. The Morgan fingerprint density at radius 3 is 2.34 bits per heavy atom. The zero-order valence-corrected chi connectivity index (χ0v) is 16.9. The zero-order chi connectivity index (χ0) is 21.2. The third-order valence-corrected chi connectivity index (χ3v) is 5.77. The van der Waals surface area contributed by atoms with Crippen molar-refractivity contribution in [3.05, 3.63) is 41.8 Å². The first-order valence-electron chi connectivity index (χ1n) is 9.31. The summed E-state index contributed by atoms with van der Waals surface area (Å²) in [6.07, 6.45) is -1.78. The third kappa shape index (κ3) is 5.26. The van der Waals surface area contributed by atoms with Gasteiger partial charge in [-0.25, -0.2) is 14.4 Å². The molecule has 1 aliphatic rings. The smallest absolute Gasteiger partial charge is 0.337 e. The molecule has 1 fully saturated rings. The first kappa shape index (κ1) is 21.5. The largest absolute Gasteiger partial charge is 0.433 e. The van der Waals surface area contributed by atoms with Gasteiger partial charge in [0.25, 0.3) is 0 Å². The maximum Gasteiger partial charge on any atom is 0.433 e. The lowest BCUT2D eigenvalue weighted by Crippen LogP contribution is -2.48. The number of piperidine rings is 1. The molecule has 2 heterocycles. The van der Waals surface area contributed by atoms with Crippen LogP contribution >= 0.6 is 11.8 Å². The number of carbonyl (C=O) groups is 1. The Hall–Kier alpha value is -2.16. The fourth-order valence-electron chi connectivity index (χ4n) is 3.52. The Morgan fingerprint density at radius 2 is 1.76 bits per heavy atom. The molecule has 9 heteroatoms. The van der Waals surface area contributed by atoms with Crippen molar-refractivity contribution in [2.45, 2.75) is 56.5 Å². The molecule has 3 rings (SSSR count). The van der Waals surface area contributed by atoms with Gasteiger partial charge in [0.05, 0.1) is 11.4 Å². The number of aromatic nitrogens is 2. The highest BCUT2D eigenvalue weighted by Crippen LogP contribution is 2.32. The molecule has 1 saturated heterocycles. The molecule has 2 aromatic rings. The van der Waals surface area contributed by atoms with E-state index in [2.05, 4.69) is 9.97 Å². The summed E-state index contributed by atoms with van der Waals surface area (Å²) in [5.41, 5.74) is -0.728. The molecule has 156 valence electrons. The fourth-order valence-corrected chi connectivity index (χ4v) is 4.24. The van der Waals surface area contributed by atoms with Crippen LogP contribution in [0.15, 0.2) is 35.5 Å². The predicted octanol–water partition coefficient (Wildman–Crippen LogP) is 5.18. The van der Waals surface area contributed by atoms with Crippen molar-refractivity contribution in [3.63, 3.8) is 0 Å². The number of hydrogen-bond donors (Lipinski definition) is 0. The minimum absolute atomic E-state index is 0.0296. The lowest BCUT2D eigenvalue weighted by Gasteiger charge is -2.39. The standard InChI is InChI=1S/C20H21F4N3OS/c1-12-4-3-5-13(2)27(12)18(28)11-29-19-25-16(10-17(26-19)20(22,23)24)14-6-8-15(21)9-7-14/h6-10,12-13H,3-5,11H2,1-2H3/t12-,13-/m1/s1. The van der Waals surface area contributed by atoms with E-state index in [4.69, 9.17) is 0 Å². The lowest BCUT2D eigenvalue weighted by atomic mass is 9.98. The van der Waals surface area contributed by atoms with Crippen LogP contribution in [0.4, 0.5) is 17.6 Å². The molecule has 1 aromatic carbocycles. The van der Waals surface area contributed by atoms with Crippen LogP contribution in [0.25, 0.3) is 11.3 Å². The Labute approximate surface area is 170 Å².